The molecule has 0 unspecified atom stereocenters. The molecule has 3 rings (SSSR count). The number of rotatable bonds is 5. The van der Waals surface area contributed by atoms with Crippen molar-refractivity contribution in [2.45, 2.75) is 33.3 Å². The van der Waals surface area contributed by atoms with Crippen LogP contribution in [0.2, 0.25) is 0 Å². The van der Waals surface area contributed by atoms with Crippen LogP contribution in [0.25, 0.3) is 0 Å². The molecule has 0 radical (unpaired) electrons. The van der Waals surface area contributed by atoms with E-state index in [1.807, 2.05) is 38.1 Å². The summed E-state index contributed by atoms with van der Waals surface area (Å²) < 4.78 is 0. The summed E-state index contributed by atoms with van der Waals surface area (Å²) in [6, 6.07) is 9.42. The number of nitrogens with one attached hydrogen (secondary N) is 1. The molecule has 2 amide bonds. The number of aryl methyl sites for hydroxylation is 2. The summed E-state index contributed by atoms with van der Waals surface area (Å²) >= 11 is 0. The molecule has 7 nitrogen and oxygen atoms in total. The Morgan fingerprint density at radius 1 is 1.27 bits per heavy atom. The van der Waals surface area contributed by atoms with Gasteiger partial charge in [0.25, 0.3) is 5.91 Å². The molecular formula is C19H20N4O3. The number of carbonyl (C=O) groups excluding carboxylic acids is 2. The Balaban J connectivity index is 1.69. The Morgan fingerprint density at radius 2 is 2.12 bits per heavy atom. The van der Waals surface area contributed by atoms with Crippen LogP contribution in [0.15, 0.2) is 47.8 Å². The summed E-state index contributed by atoms with van der Waals surface area (Å²) in [6.07, 6.45) is 3.83. The standard InChI is InChI=1S/C19H20N4O3/c1-13-5-6-14(2)17(10-13)23-18(24)8-7-16(21-23)19(25)22-26-12-15-4-3-9-20-11-15/h3-6,9-11H,7-8,12H2,1-2H3,(H,22,25). The second-order valence-corrected chi connectivity index (χ2v) is 6.12. The molecule has 0 bridgehead atoms. The lowest BCUT2D eigenvalue weighted by atomic mass is 10.1. The van der Waals surface area contributed by atoms with Gasteiger partial charge in [0.05, 0.1) is 5.69 Å². The van der Waals surface area contributed by atoms with Gasteiger partial charge in [-0.3, -0.25) is 19.4 Å². The van der Waals surface area contributed by atoms with Crippen LogP contribution in [-0.4, -0.2) is 22.5 Å². The van der Waals surface area contributed by atoms with E-state index in [9.17, 15) is 9.59 Å². The maximum Gasteiger partial charge on any atom is 0.291 e. The van der Waals surface area contributed by atoms with E-state index in [0.717, 1.165) is 16.7 Å². The van der Waals surface area contributed by atoms with Gasteiger partial charge in [-0.15, -0.1) is 0 Å². The van der Waals surface area contributed by atoms with E-state index in [0.29, 0.717) is 5.69 Å². The van der Waals surface area contributed by atoms with Crippen molar-refractivity contribution >= 4 is 23.2 Å². The number of nitrogens with zero attached hydrogens (tertiary/aromatic N) is 3. The number of benzene rings is 1. The number of aromatic nitrogens is 1. The third-order valence-electron chi connectivity index (χ3n) is 4.01. The molecule has 0 spiro atoms. The van der Waals surface area contributed by atoms with E-state index >= 15 is 0 Å². The van der Waals surface area contributed by atoms with Gasteiger partial charge in [-0.2, -0.15) is 5.10 Å². The first kappa shape index (κ1) is 17.8. The van der Waals surface area contributed by atoms with Crippen LogP contribution in [0.5, 0.6) is 0 Å². The van der Waals surface area contributed by atoms with Gasteiger partial charge in [-0.25, -0.2) is 10.5 Å². The van der Waals surface area contributed by atoms with Gasteiger partial charge in [-0.1, -0.05) is 18.2 Å². The number of hydrogen-bond acceptors (Lipinski definition) is 5. The molecule has 0 saturated carbocycles. The summed E-state index contributed by atoms with van der Waals surface area (Å²) in [7, 11) is 0. The summed E-state index contributed by atoms with van der Waals surface area (Å²) in [5.74, 6) is -0.580. The highest BCUT2D eigenvalue weighted by Crippen LogP contribution is 2.25. The Hall–Kier alpha value is -3.06. The molecule has 2 aromatic rings. The van der Waals surface area contributed by atoms with E-state index < -0.39 is 5.91 Å². The maximum atomic E-state index is 12.3. The van der Waals surface area contributed by atoms with Gasteiger partial charge in [0.1, 0.15) is 12.3 Å². The van der Waals surface area contributed by atoms with Crippen LogP contribution >= 0.6 is 0 Å². The first-order valence-corrected chi connectivity index (χ1v) is 8.33. The quantitative estimate of drug-likeness (QED) is 0.838. The fraction of sp³-hybridized carbons (Fsp3) is 0.263. The monoisotopic (exact) mass is 352 g/mol. The number of hydroxylamine groups is 1. The third-order valence-corrected chi connectivity index (χ3v) is 4.01. The van der Waals surface area contributed by atoms with Crippen LogP contribution < -0.4 is 10.5 Å². The lowest BCUT2D eigenvalue weighted by Gasteiger charge is -2.24. The van der Waals surface area contributed by atoms with E-state index in [2.05, 4.69) is 15.6 Å². The average molecular weight is 352 g/mol. The smallest absolute Gasteiger partial charge is 0.273 e. The fourth-order valence-corrected chi connectivity index (χ4v) is 2.58. The predicted molar refractivity (Wildman–Crippen MR) is 97.2 cm³/mol. The zero-order valence-electron chi connectivity index (χ0n) is 14.7. The molecule has 1 aromatic carbocycles. The average Bonchev–Trinajstić information content (AvgIpc) is 2.65. The largest absolute Gasteiger partial charge is 0.291 e. The molecule has 1 aliphatic heterocycles. The zero-order chi connectivity index (χ0) is 18.5. The topological polar surface area (TPSA) is 83.9 Å². The number of hydrogen-bond donors (Lipinski definition) is 1. The highest BCUT2D eigenvalue weighted by atomic mass is 16.6. The van der Waals surface area contributed by atoms with Crippen molar-refractivity contribution in [3.05, 3.63) is 59.4 Å². The summed E-state index contributed by atoms with van der Waals surface area (Å²) in [5, 5.41) is 5.56. The van der Waals surface area contributed by atoms with Crippen molar-refractivity contribution in [1.82, 2.24) is 10.5 Å². The van der Waals surface area contributed by atoms with Gasteiger partial charge in [0.15, 0.2) is 0 Å². The lowest BCUT2D eigenvalue weighted by Crippen LogP contribution is -2.39. The molecule has 1 aliphatic rings. The molecule has 0 aliphatic carbocycles. The number of amides is 2. The number of anilines is 1. The second-order valence-electron chi connectivity index (χ2n) is 6.12. The van der Waals surface area contributed by atoms with E-state index in [1.165, 1.54) is 5.01 Å². The predicted octanol–water partition coefficient (Wildman–Crippen LogP) is 2.43. The second kappa shape index (κ2) is 7.88. The van der Waals surface area contributed by atoms with Crippen molar-refractivity contribution in [2.24, 2.45) is 5.10 Å². The van der Waals surface area contributed by atoms with Crippen LogP contribution in [0.4, 0.5) is 5.69 Å². The zero-order valence-corrected chi connectivity index (χ0v) is 14.7. The molecule has 0 atom stereocenters. The number of pyridine rings is 1. The van der Waals surface area contributed by atoms with Gasteiger partial charge in [-0.05, 0) is 42.7 Å². The van der Waals surface area contributed by atoms with Gasteiger partial charge >= 0.3 is 0 Å². The first-order valence-electron chi connectivity index (χ1n) is 8.33. The van der Waals surface area contributed by atoms with Crippen molar-refractivity contribution in [3.8, 4) is 0 Å². The van der Waals surface area contributed by atoms with Crippen LogP contribution in [0.3, 0.4) is 0 Å². The molecule has 2 heterocycles. The third kappa shape index (κ3) is 4.12. The highest BCUT2D eigenvalue weighted by molar-refractivity contribution is 6.40. The fourth-order valence-electron chi connectivity index (χ4n) is 2.58. The van der Waals surface area contributed by atoms with Gasteiger partial charge < -0.3 is 0 Å². The van der Waals surface area contributed by atoms with E-state index in [-0.39, 0.29) is 31.1 Å². The molecule has 134 valence electrons. The number of carbonyl (C=O) groups is 2. The summed E-state index contributed by atoms with van der Waals surface area (Å²) in [5.41, 5.74) is 6.11. The maximum absolute atomic E-state index is 12.3. The normalized spacial score (nSPS) is 14.2. The van der Waals surface area contributed by atoms with Crippen LogP contribution in [-0.2, 0) is 21.0 Å². The SMILES string of the molecule is Cc1ccc(C)c(N2N=C(C(=O)NOCc3cccnc3)CCC2=O)c1. The molecule has 7 heteroatoms. The molecule has 1 N–H and O–H groups in total. The highest BCUT2D eigenvalue weighted by Gasteiger charge is 2.26. The molecule has 0 fully saturated rings. The van der Waals surface area contributed by atoms with Crippen molar-refractivity contribution in [3.63, 3.8) is 0 Å². The van der Waals surface area contributed by atoms with E-state index in [1.54, 1.807) is 18.5 Å². The van der Waals surface area contributed by atoms with Crippen LogP contribution in [0, 0.1) is 13.8 Å². The minimum absolute atomic E-state index is 0.133. The molecule has 1 aromatic heterocycles. The lowest BCUT2D eigenvalue weighted by molar-refractivity contribution is -0.127. The minimum atomic E-state index is -0.448. The van der Waals surface area contributed by atoms with Crippen LogP contribution in [0.1, 0.15) is 29.5 Å². The number of hydrazone groups is 1. The van der Waals surface area contributed by atoms with Crippen molar-refractivity contribution < 1.29 is 14.4 Å². The first-order chi connectivity index (χ1) is 12.5. The van der Waals surface area contributed by atoms with Gasteiger partial charge in [0, 0.05) is 25.2 Å². The van der Waals surface area contributed by atoms with Crippen molar-refractivity contribution in [1.29, 1.82) is 0 Å². The Morgan fingerprint density at radius 3 is 2.88 bits per heavy atom. The summed E-state index contributed by atoms with van der Waals surface area (Å²) in [6.45, 7) is 4.05. The minimum Gasteiger partial charge on any atom is -0.273 e. The Labute approximate surface area is 151 Å². The molecule has 0 saturated heterocycles. The molecule has 26 heavy (non-hydrogen) atoms. The van der Waals surface area contributed by atoms with Gasteiger partial charge in [0.2, 0.25) is 5.91 Å². The van der Waals surface area contributed by atoms with Crippen molar-refractivity contribution in [2.75, 3.05) is 5.01 Å². The summed E-state index contributed by atoms with van der Waals surface area (Å²) in [4.78, 5) is 33.8. The Kier molecular flexibility index (Phi) is 5.38. The molecular weight excluding hydrogens is 332 g/mol. The Bertz CT molecular complexity index is 849. The van der Waals surface area contributed by atoms with E-state index in [4.69, 9.17) is 4.84 Å².